The maximum atomic E-state index is 9.68. The highest BCUT2D eigenvalue weighted by molar-refractivity contribution is 6.27. The van der Waals surface area contributed by atoms with E-state index in [0.29, 0.717) is 5.84 Å². The Morgan fingerprint density at radius 3 is 1.54 bits per heavy atom. The fourth-order valence-corrected chi connectivity index (χ4v) is 8.87. The van der Waals surface area contributed by atoms with Gasteiger partial charge in [0.05, 0.1) is 5.41 Å². The van der Waals surface area contributed by atoms with Gasteiger partial charge >= 0.3 is 0 Å². The number of hydrogen-bond acceptors (Lipinski definition) is 1. The first-order chi connectivity index (χ1) is 24.7. The average Bonchev–Trinajstić information content (AvgIpc) is 3.65. The van der Waals surface area contributed by atoms with Crippen molar-refractivity contribution in [3.63, 3.8) is 0 Å². The van der Waals surface area contributed by atoms with Crippen LogP contribution in [0.1, 0.15) is 33.4 Å². The van der Waals surface area contributed by atoms with Crippen molar-refractivity contribution < 1.29 is 0 Å². The quantitative estimate of drug-likeness (QED) is 0.113. The van der Waals surface area contributed by atoms with Crippen molar-refractivity contribution in [2.75, 3.05) is 0 Å². The second kappa shape index (κ2) is 10.7. The summed E-state index contributed by atoms with van der Waals surface area (Å²) in [5, 5.41) is 14.0. The van der Waals surface area contributed by atoms with Gasteiger partial charge in [0.25, 0.3) is 0 Å². The topological polar surface area (TPSA) is 62.2 Å². The molecule has 50 heavy (non-hydrogen) atoms. The molecule has 10 rings (SSSR count). The molecule has 0 saturated carbocycles. The zero-order valence-corrected chi connectivity index (χ0v) is 27.2. The van der Waals surface area contributed by atoms with Gasteiger partial charge in [0.1, 0.15) is 5.84 Å². The lowest BCUT2D eigenvalue weighted by atomic mass is 9.70. The highest BCUT2D eigenvalue weighted by Gasteiger charge is 2.52. The second-order valence-corrected chi connectivity index (χ2v) is 13.2. The fraction of sp³-hybridized carbons (Fsp3) is 0.0213. The van der Waals surface area contributed by atoms with E-state index >= 15 is 0 Å². The molecule has 8 aromatic rings. The number of benzene rings is 8. The Hall–Kier alpha value is -6.58. The van der Waals surface area contributed by atoms with Gasteiger partial charge in [0, 0.05) is 16.7 Å². The third-order valence-electron chi connectivity index (χ3n) is 10.8. The number of rotatable bonds is 3. The summed E-state index contributed by atoms with van der Waals surface area (Å²) in [6.45, 7) is 0. The standard InChI is InChI=1S/C47H31N3/c48-45(29-15-2-1-3-16-29)50-46(49)44-35-22-7-5-18-31(35)30-17-4-6-21-34(30)43(44)37-24-14-28-41-42(37)36-23-10-13-27-40(36)47(41)38-25-11-8-19-32(38)33-20-9-12-26-39(33)47/h1-28H,(H3,48,49,50). The molecule has 3 nitrogen and oxygen atoms in total. The van der Waals surface area contributed by atoms with Crippen LogP contribution >= 0.6 is 0 Å². The van der Waals surface area contributed by atoms with Crippen LogP contribution in [-0.2, 0) is 5.41 Å². The molecule has 3 heteroatoms. The zero-order chi connectivity index (χ0) is 33.4. The van der Waals surface area contributed by atoms with Crippen molar-refractivity contribution in [3.05, 3.63) is 203 Å². The molecule has 0 heterocycles. The largest absolute Gasteiger partial charge is 0.383 e. The first-order valence-corrected chi connectivity index (χ1v) is 17.0. The number of amidine groups is 2. The van der Waals surface area contributed by atoms with E-state index in [1.54, 1.807) is 0 Å². The maximum Gasteiger partial charge on any atom is 0.155 e. The first kappa shape index (κ1) is 28.4. The second-order valence-electron chi connectivity index (χ2n) is 13.2. The first-order valence-electron chi connectivity index (χ1n) is 17.0. The molecular weight excluding hydrogens is 607 g/mol. The van der Waals surface area contributed by atoms with E-state index in [2.05, 4.69) is 133 Å². The lowest BCUT2D eigenvalue weighted by Gasteiger charge is -2.30. The molecule has 0 aromatic heterocycles. The normalized spacial score (nSPS) is 13.6. The summed E-state index contributed by atoms with van der Waals surface area (Å²) in [5.74, 6) is 0.457. The molecule has 0 fully saturated rings. The van der Waals surface area contributed by atoms with Gasteiger partial charge in [-0.25, -0.2) is 4.99 Å². The molecule has 234 valence electrons. The van der Waals surface area contributed by atoms with Crippen molar-refractivity contribution in [1.82, 2.24) is 0 Å². The van der Waals surface area contributed by atoms with E-state index in [-0.39, 0.29) is 5.84 Å². The molecule has 0 radical (unpaired) electrons. The molecule has 2 aliphatic carbocycles. The van der Waals surface area contributed by atoms with E-state index in [4.69, 9.17) is 10.7 Å². The molecule has 0 saturated heterocycles. The van der Waals surface area contributed by atoms with Crippen molar-refractivity contribution in [1.29, 1.82) is 5.41 Å². The van der Waals surface area contributed by atoms with Gasteiger partial charge in [-0.15, -0.1) is 0 Å². The molecule has 2 aliphatic rings. The Kier molecular flexibility index (Phi) is 6.09. The molecule has 8 aromatic carbocycles. The molecule has 0 atom stereocenters. The van der Waals surface area contributed by atoms with Crippen LogP contribution in [0.25, 0.3) is 54.9 Å². The van der Waals surface area contributed by atoms with Crippen LogP contribution in [-0.4, -0.2) is 11.7 Å². The Morgan fingerprint density at radius 1 is 0.420 bits per heavy atom. The SMILES string of the molecule is N=C(/N=C(\N)c1ccccc1)c1c(-c2cccc3c2-c2ccccc2C32c3ccccc3-c3ccccc32)c2ccccc2c2ccccc12. The van der Waals surface area contributed by atoms with Crippen molar-refractivity contribution >= 4 is 33.2 Å². The Labute approximate surface area is 290 Å². The van der Waals surface area contributed by atoms with E-state index < -0.39 is 5.41 Å². The average molecular weight is 638 g/mol. The molecule has 0 bridgehead atoms. The number of fused-ring (bicyclic) bond motifs is 13. The van der Waals surface area contributed by atoms with Gasteiger partial charge in [-0.05, 0) is 71.6 Å². The van der Waals surface area contributed by atoms with Gasteiger partial charge in [-0.1, -0.05) is 170 Å². The Balaban J connectivity index is 1.34. The smallest absolute Gasteiger partial charge is 0.155 e. The summed E-state index contributed by atoms with van der Waals surface area (Å²) in [6.07, 6.45) is 0. The van der Waals surface area contributed by atoms with Crippen LogP contribution in [0.4, 0.5) is 0 Å². The Bertz CT molecular complexity index is 2690. The lowest BCUT2D eigenvalue weighted by Crippen LogP contribution is -2.25. The van der Waals surface area contributed by atoms with E-state index in [0.717, 1.165) is 43.8 Å². The zero-order valence-electron chi connectivity index (χ0n) is 27.2. The van der Waals surface area contributed by atoms with Crippen molar-refractivity contribution in [2.45, 2.75) is 5.41 Å². The number of nitrogens with two attached hydrogens (primary N) is 1. The molecule has 0 amide bonds. The van der Waals surface area contributed by atoms with Crippen LogP contribution in [0, 0.1) is 5.41 Å². The number of nitrogens with one attached hydrogen (secondary N) is 1. The third kappa shape index (κ3) is 3.75. The summed E-state index contributed by atoms with van der Waals surface area (Å²) >= 11 is 0. The minimum Gasteiger partial charge on any atom is -0.383 e. The molecule has 0 aliphatic heterocycles. The van der Waals surface area contributed by atoms with Gasteiger partial charge < -0.3 is 5.73 Å². The van der Waals surface area contributed by atoms with Crippen LogP contribution in [0.5, 0.6) is 0 Å². The van der Waals surface area contributed by atoms with Crippen LogP contribution < -0.4 is 5.73 Å². The van der Waals surface area contributed by atoms with Crippen molar-refractivity contribution in [2.24, 2.45) is 10.7 Å². The van der Waals surface area contributed by atoms with Crippen LogP contribution in [0.2, 0.25) is 0 Å². The van der Waals surface area contributed by atoms with Gasteiger partial charge in [-0.2, -0.15) is 0 Å². The summed E-state index contributed by atoms with van der Waals surface area (Å²) in [6, 6.07) is 60.1. The van der Waals surface area contributed by atoms with Gasteiger partial charge in [-0.3, -0.25) is 5.41 Å². The number of aliphatic imine (C=N–C) groups is 1. The maximum absolute atomic E-state index is 9.68. The van der Waals surface area contributed by atoms with Gasteiger partial charge in [0.2, 0.25) is 0 Å². The molecule has 0 unspecified atom stereocenters. The fourth-order valence-electron chi connectivity index (χ4n) is 8.87. The highest BCUT2D eigenvalue weighted by Crippen LogP contribution is 2.64. The number of nitrogens with zero attached hydrogens (tertiary/aromatic N) is 1. The lowest BCUT2D eigenvalue weighted by molar-refractivity contribution is 0.794. The van der Waals surface area contributed by atoms with Gasteiger partial charge in [0.15, 0.2) is 5.84 Å². The van der Waals surface area contributed by atoms with Crippen molar-refractivity contribution in [3.8, 4) is 33.4 Å². The van der Waals surface area contributed by atoms with E-state index in [1.807, 2.05) is 36.4 Å². The summed E-state index contributed by atoms with van der Waals surface area (Å²) < 4.78 is 0. The highest BCUT2D eigenvalue weighted by atomic mass is 14.9. The monoisotopic (exact) mass is 637 g/mol. The summed E-state index contributed by atoms with van der Waals surface area (Å²) in [5.41, 5.74) is 19.9. The van der Waals surface area contributed by atoms with E-state index in [1.165, 1.54) is 44.5 Å². The molecule has 1 spiro atoms. The van der Waals surface area contributed by atoms with Crippen LogP contribution in [0.15, 0.2) is 175 Å². The predicted octanol–water partition coefficient (Wildman–Crippen LogP) is 10.7. The predicted molar refractivity (Wildman–Crippen MR) is 207 cm³/mol. The summed E-state index contributed by atoms with van der Waals surface area (Å²) in [7, 11) is 0. The van der Waals surface area contributed by atoms with E-state index in [9.17, 15) is 5.41 Å². The van der Waals surface area contributed by atoms with Crippen LogP contribution in [0.3, 0.4) is 0 Å². The third-order valence-corrected chi connectivity index (χ3v) is 10.8. The Morgan fingerprint density at radius 2 is 0.880 bits per heavy atom. The summed E-state index contributed by atoms with van der Waals surface area (Å²) in [4.78, 5) is 4.81. The minimum atomic E-state index is -0.467. The number of hydrogen-bond donors (Lipinski definition) is 2. The minimum absolute atomic E-state index is 0.137. The molecule has 3 N–H and O–H groups in total. The molecular formula is C47H31N3.